The molecule has 4 aromatic rings. The van der Waals surface area contributed by atoms with Gasteiger partial charge in [-0.3, -0.25) is 0 Å². The molecule has 0 amide bonds. The second-order valence-corrected chi connectivity index (χ2v) is 10.0. The highest BCUT2D eigenvalue weighted by molar-refractivity contribution is 5.85. The molecule has 0 aliphatic heterocycles. The van der Waals surface area contributed by atoms with Crippen LogP contribution in [-0.2, 0) is 0 Å². The smallest absolute Gasteiger partial charge is 0.0320 e. The van der Waals surface area contributed by atoms with Crippen LogP contribution in [0, 0.1) is 0 Å². The van der Waals surface area contributed by atoms with Gasteiger partial charge in [-0.1, -0.05) is 109 Å². The van der Waals surface area contributed by atoms with Gasteiger partial charge in [-0.05, 0) is 73.2 Å². The van der Waals surface area contributed by atoms with E-state index in [9.17, 15) is 0 Å². The molecule has 0 heterocycles. The first-order valence-corrected chi connectivity index (χ1v) is 13.4. The van der Waals surface area contributed by atoms with Crippen molar-refractivity contribution in [1.82, 2.24) is 10.6 Å². The Balaban J connectivity index is 0.000000200. The Morgan fingerprint density at radius 3 is 1.08 bits per heavy atom. The first-order chi connectivity index (χ1) is 17.8. The first kappa shape index (κ1) is 29.9. The summed E-state index contributed by atoms with van der Waals surface area (Å²) in [5.74, 6) is 1.12. The van der Waals surface area contributed by atoms with Gasteiger partial charge in [-0.2, -0.15) is 0 Å². The molecule has 200 valence electrons. The number of fused-ring (bicyclic) bond motifs is 2. The van der Waals surface area contributed by atoms with Gasteiger partial charge in [0.15, 0.2) is 0 Å². The maximum atomic E-state index is 3.43. The van der Waals surface area contributed by atoms with Crippen LogP contribution < -0.4 is 10.6 Å². The van der Waals surface area contributed by atoms with Gasteiger partial charge in [0.1, 0.15) is 0 Å². The van der Waals surface area contributed by atoms with E-state index in [4.69, 9.17) is 0 Å². The Morgan fingerprint density at radius 2 is 0.737 bits per heavy atom. The minimum absolute atomic E-state index is 0. The fourth-order valence-corrected chi connectivity index (χ4v) is 6.24. The average Bonchev–Trinajstić information content (AvgIpc) is 2.97. The lowest BCUT2D eigenvalue weighted by atomic mass is 9.77. The van der Waals surface area contributed by atoms with Gasteiger partial charge in [-0.25, -0.2) is 0 Å². The van der Waals surface area contributed by atoms with Crippen LogP contribution in [0.2, 0.25) is 0 Å². The van der Waals surface area contributed by atoms with E-state index in [2.05, 4.69) is 134 Å². The molecule has 4 aromatic carbocycles. The molecular weight excluding hydrogens is 507 g/mol. The van der Waals surface area contributed by atoms with Crippen LogP contribution >= 0.6 is 24.8 Å². The lowest BCUT2D eigenvalue weighted by Gasteiger charge is -2.31. The fourth-order valence-electron chi connectivity index (χ4n) is 6.24. The van der Waals surface area contributed by atoms with Crippen molar-refractivity contribution in [3.05, 3.63) is 143 Å². The highest BCUT2D eigenvalue weighted by Gasteiger charge is 2.27. The quantitative estimate of drug-likeness (QED) is 0.267. The largest absolute Gasteiger partial charge is 0.313 e. The number of nitrogens with one attached hydrogen (secondary N) is 2. The zero-order valence-corrected chi connectivity index (χ0v) is 24.0. The molecule has 2 aliphatic rings. The number of benzene rings is 4. The van der Waals surface area contributed by atoms with Crippen molar-refractivity contribution >= 4 is 24.8 Å². The molecule has 2 N–H and O–H groups in total. The topological polar surface area (TPSA) is 24.1 Å². The van der Waals surface area contributed by atoms with Gasteiger partial charge < -0.3 is 10.6 Å². The van der Waals surface area contributed by atoms with E-state index in [1.54, 1.807) is 0 Å². The summed E-state index contributed by atoms with van der Waals surface area (Å²) in [6.45, 7) is 0. The van der Waals surface area contributed by atoms with Crippen LogP contribution in [0.5, 0.6) is 0 Å². The molecular formula is C34H40Cl2N2. The predicted octanol–water partition coefficient (Wildman–Crippen LogP) is 8.59. The third kappa shape index (κ3) is 6.50. The summed E-state index contributed by atoms with van der Waals surface area (Å²) in [4.78, 5) is 0. The van der Waals surface area contributed by atoms with E-state index in [1.165, 1.54) is 59.1 Å². The Kier molecular flexibility index (Phi) is 11.4. The van der Waals surface area contributed by atoms with Crippen molar-refractivity contribution in [2.24, 2.45) is 0 Å². The molecule has 38 heavy (non-hydrogen) atoms. The number of halogens is 2. The lowest BCUT2D eigenvalue weighted by molar-refractivity contribution is 0.471. The molecule has 4 atom stereocenters. The second kappa shape index (κ2) is 14.5. The summed E-state index contributed by atoms with van der Waals surface area (Å²) < 4.78 is 0. The van der Waals surface area contributed by atoms with Crippen LogP contribution in [0.1, 0.15) is 83.0 Å². The average molecular weight is 548 g/mol. The summed E-state index contributed by atoms with van der Waals surface area (Å²) in [7, 11) is 4.12. The van der Waals surface area contributed by atoms with Gasteiger partial charge >= 0.3 is 0 Å². The molecule has 0 radical (unpaired) electrons. The Morgan fingerprint density at radius 1 is 0.421 bits per heavy atom. The SMILES string of the molecule is CN[C@@H]1CC[C@H](c2ccccc2)c2ccccc21.CN[C@H]1CC[C@@H](c2ccccc2)c2ccccc21.Cl.Cl. The van der Waals surface area contributed by atoms with E-state index in [-0.39, 0.29) is 24.8 Å². The maximum absolute atomic E-state index is 3.43. The summed E-state index contributed by atoms with van der Waals surface area (Å²) in [6.07, 6.45) is 4.89. The van der Waals surface area contributed by atoms with E-state index in [0.717, 1.165) is 0 Å². The molecule has 4 heteroatoms. The molecule has 0 spiro atoms. The van der Waals surface area contributed by atoms with Crippen molar-refractivity contribution in [3.63, 3.8) is 0 Å². The van der Waals surface area contributed by atoms with E-state index in [0.29, 0.717) is 23.9 Å². The second-order valence-electron chi connectivity index (χ2n) is 10.0. The molecule has 0 saturated carbocycles. The Bertz CT molecular complexity index is 1150. The predicted molar refractivity (Wildman–Crippen MR) is 166 cm³/mol. The standard InChI is InChI=1S/2C17H19N.2ClH/c2*1-18-17-12-11-14(13-7-3-2-4-8-13)15-9-5-6-10-16(15)17;;/h2*2-10,14,17-18H,11-12H2,1H3;2*1H/t2*14-,17-;;/m10../s1. The van der Waals surface area contributed by atoms with Crippen LogP contribution in [0.25, 0.3) is 0 Å². The monoisotopic (exact) mass is 546 g/mol. The summed E-state index contributed by atoms with van der Waals surface area (Å²) in [5.41, 5.74) is 8.82. The molecule has 0 fully saturated rings. The van der Waals surface area contributed by atoms with Crippen molar-refractivity contribution in [2.75, 3.05) is 14.1 Å². The third-order valence-electron chi connectivity index (χ3n) is 8.08. The van der Waals surface area contributed by atoms with E-state index in [1.807, 2.05) is 0 Å². The molecule has 6 rings (SSSR count). The highest BCUT2D eigenvalue weighted by atomic mass is 35.5. The molecule has 0 saturated heterocycles. The van der Waals surface area contributed by atoms with Crippen molar-refractivity contribution in [1.29, 1.82) is 0 Å². The van der Waals surface area contributed by atoms with Crippen LogP contribution in [0.15, 0.2) is 109 Å². The summed E-state index contributed by atoms with van der Waals surface area (Å²) in [6, 6.07) is 40.5. The van der Waals surface area contributed by atoms with Crippen LogP contribution in [-0.4, -0.2) is 14.1 Å². The van der Waals surface area contributed by atoms with E-state index < -0.39 is 0 Å². The van der Waals surface area contributed by atoms with E-state index >= 15 is 0 Å². The zero-order valence-electron chi connectivity index (χ0n) is 22.3. The first-order valence-electron chi connectivity index (χ1n) is 13.4. The molecule has 2 aliphatic carbocycles. The van der Waals surface area contributed by atoms with Gasteiger partial charge in [0.2, 0.25) is 0 Å². The van der Waals surface area contributed by atoms with Gasteiger partial charge in [0.05, 0.1) is 0 Å². The molecule has 0 aromatic heterocycles. The minimum atomic E-state index is 0. The molecule has 0 bridgehead atoms. The van der Waals surface area contributed by atoms with Gasteiger partial charge in [0, 0.05) is 23.9 Å². The fraction of sp³-hybridized carbons (Fsp3) is 0.294. The summed E-state index contributed by atoms with van der Waals surface area (Å²) >= 11 is 0. The minimum Gasteiger partial charge on any atom is -0.313 e. The summed E-state index contributed by atoms with van der Waals surface area (Å²) in [5, 5.41) is 6.86. The molecule has 0 unspecified atom stereocenters. The number of hydrogen-bond acceptors (Lipinski definition) is 2. The lowest BCUT2D eigenvalue weighted by Crippen LogP contribution is -2.24. The highest BCUT2D eigenvalue weighted by Crippen LogP contribution is 2.41. The Labute approximate surface area is 241 Å². The van der Waals surface area contributed by atoms with Crippen LogP contribution in [0.3, 0.4) is 0 Å². The normalized spacial score (nSPS) is 21.3. The molecule has 2 nitrogen and oxygen atoms in total. The third-order valence-corrected chi connectivity index (χ3v) is 8.08. The van der Waals surface area contributed by atoms with Crippen molar-refractivity contribution in [2.45, 2.75) is 49.6 Å². The Hall–Kier alpha value is -2.62. The van der Waals surface area contributed by atoms with Gasteiger partial charge in [0.25, 0.3) is 0 Å². The van der Waals surface area contributed by atoms with Crippen LogP contribution in [0.4, 0.5) is 0 Å². The van der Waals surface area contributed by atoms with Gasteiger partial charge in [-0.15, -0.1) is 24.8 Å². The van der Waals surface area contributed by atoms with Crippen molar-refractivity contribution < 1.29 is 0 Å². The maximum Gasteiger partial charge on any atom is 0.0320 e. The van der Waals surface area contributed by atoms with Crippen molar-refractivity contribution in [3.8, 4) is 0 Å². The number of rotatable bonds is 4. The zero-order chi connectivity index (χ0) is 24.7. The number of hydrogen-bond donors (Lipinski definition) is 2.